The Morgan fingerprint density at radius 1 is 0.500 bits per heavy atom. The quantitative estimate of drug-likeness (QED) is 0.169. The molecule has 2 heterocycles. The first-order valence-corrected chi connectivity index (χ1v) is 17.1. The summed E-state index contributed by atoms with van der Waals surface area (Å²) in [6.45, 7) is 0. The lowest BCUT2D eigenvalue weighted by Gasteiger charge is -2.50. The molecule has 0 aliphatic carbocycles. The average Bonchev–Trinajstić information content (AvgIpc) is 3.04. The number of nitrogens with zero attached hydrogens (tertiary/aromatic N) is 1. The van der Waals surface area contributed by atoms with Crippen molar-refractivity contribution in [3.8, 4) is 0 Å². The van der Waals surface area contributed by atoms with E-state index in [1.807, 2.05) is 42.5 Å². The van der Waals surface area contributed by atoms with Crippen LogP contribution in [0.1, 0.15) is 22.3 Å². The molecule has 8 rings (SSSR count). The van der Waals surface area contributed by atoms with Gasteiger partial charge >= 0.3 is 0 Å². The molecule has 1 spiro atoms. The van der Waals surface area contributed by atoms with Crippen molar-refractivity contribution in [2.75, 3.05) is 4.90 Å². The third-order valence-corrected chi connectivity index (χ3v) is 12.8. The smallest absolute Gasteiger partial charge is 0.171 e. The van der Waals surface area contributed by atoms with E-state index in [0.29, 0.717) is 0 Å². The molecule has 6 aromatic rings. The molecule has 202 valence electrons. The number of fused-ring (bicyclic) bond motifs is 8. The summed E-state index contributed by atoms with van der Waals surface area (Å²) in [6, 6.07) is 50.4. The van der Waals surface area contributed by atoms with E-state index in [1.54, 1.807) is 0 Å². The maximum Gasteiger partial charge on any atom is 0.171 e. The van der Waals surface area contributed by atoms with Gasteiger partial charge in [0, 0.05) is 30.5 Å². The number of halogens is 2. The van der Waals surface area contributed by atoms with Gasteiger partial charge in [0.1, 0.15) is 0 Å². The molecule has 0 radical (unpaired) electrons. The second kappa shape index (κ2) is 9.67. The molecule has 0 aromatic heterocycles. The molecule has 2 nitrogen and oxygen atoms in total. The van der Waals surface area contributed by atoms with Crippen molar-refractivity contribution >= 4 is 72.0 Å². The fourth-order valence-corrected chi connectivity index (χ4v) is 10.9. The molecule has 42 heavy (non-hydrogen) atoms. The zero-order chi connectivity index (χ0) is 28.5. The van der Waals surface area contributed by atoms with Gasteiger partial charge in [0.15, 0.2) is 7.14 Å². The molecule has 0 atom stereocenters. The first-order valence-electron chi connectivity index (χ1n) is 13.9. The second-order valence-electron chi connectivity index (χ2n) is 10.7. The fraction of sp³-hybridized carbons (Fsp3) is 0.0270. The fourth-order valence-electron chi connectivity index (χ4n) is 7.04. The van der Waals surface area contributed by atoms with Crippen LogP contribution in [0.25, 0.3) is 0 Å². The van der Waals surface area contributed by atoms with Gasteiger partial charge in [-0.05, 0) is 70.8 Å². The number of hydrogen-bond donors (Lipinski definition) is 0. The number of rotatable bonds is 2. The molecule has 2 aliphatic heterocycles. The Bertz CT molecular complexity index is 1950. The molecule has 0 saturated heterocycles. The summed E-state index contributed by atoms with van der Waals surface area (Å²) in [6.07, 6.45) is 0. The molecule has 0 fully saturated rings. The minimum atomic E-state index is -3.20. The Morgan fingerprint density at radius 3 is 1.48 bits per heavy atom. The molecule has 5 heteroatoms. The third kappa shape index (κ3) is 3.46. The van der Waals surface area contributed by atoms with E-state index in [2.05, 4.69) is 140 Å². The van der Waals surface area contributed by atoms with Gasteiger partial charge in [-0.1, -0.05) is 129 Å². The Morgan fingerprint density at radius 2 is 0.952 bits per heavy atom. The Labute approximate surface area is 262 Å². The normalized spacial score (nSPS) is 15.3. The molecule has 0 N–H and O–H groups in total. The van der Waals surface area contributed by atoms with Crippen LogP contribution in [0.4, 0.5) is 17.1 Å². The summed E-state index contributed by atoms with van der Waals surface area (Å²) in [5, 5.41) is 2.63. The second-order valence-corrected chi connectivity index (χ2v) is 15.3. The minimum absolute atomic E-state index is 0.709. The zero-order valence-electron chi connectivity index (χ0n) is 22.4. The summed E-state index contributed by atoms with van der Waals surface area (Å²) in [7, 11) is -3.20. The monoisotopic (exact) mass is 687 g/mol. The number of para-hydroxylation sites is 1. The molecule has 0 unspecified atom stereocenters. The van der Waals surface area contributed by atoms with Crippen molar-refractivity contribution in [1.29, 1.82) is 0 Å². The Hall–Kier alpha value is -3.69. The van der Waals surface area contributed by atoms with Gasteiger partial charge in [0.25, 0.3) is 0 Å². The average molecular weight is 689 g/mol. The van der Waals surface area contributed by atoms with Crippen molar-refractivity contribution in [3.63, 3.8) is 0 Å². The van der Waals surface area contributed by atoms with Crippen LogP contribution in [-0.2, 0) is 9.98 Å². The third-order valence-electron chi connectivity index (χ3n) is 8.64. The van der Waals surface area contributed by atoms with Gasteiger partial charge in [0.05, 0.1) is 16.8 Å². The van der Waals surface area contributed by atoms with Crippen LogP contribution in [0, 0.1) is 0 Å². The standard InChI is InChI=1S/C37H24Br2NOP/c38-25-19-21-33-31(23-25)37(32-24-26(39)20-22-34(32)40(33)27-11-3-1-4-12-27)29-15-7-9-17-35(29)42(41,28-13-5-2-6-14-28)36-18-10-8-16-30(36)37/h1-24H. The lowest BCUT2D eigenvalue weighted by atomic mass is 9.62. The summed E-state index contributed by atoms with van der Waals surface area (Å²) in [5.74, 6) is 0. The molecule has 2 aliphatic rings. The van der Waals surface area contributed by atoms with Gasteiger partial charge in [-0.3, -0.25) is 0 Å². The highest BCUT2D eigenvalue weighted by Gasteiger charge is 2.55. The van der Waals surface area contributed by atoms with Crippen molar-refractivity contribution in [1.82, 2.24) is 0 Å². The zero-order valence-corrected chi connectivity index (χ0v) is 26.5. The first kappa shape index (κ1) is 26.0. The van der Waals surface area contributed by atoms with Crippen LogP contribution < -0.4 is 20.8 Å². The summed E-state index contributed by atoms with van der Waals surface area (Å²) >= 11 is 7.66. The Kier molecular flexibility index (Phi) is 5.98. The highest BCUT2D eigenvalue weighted by Crippen LogP contribution is 2.63. The Balaban J connectivity index is 1.58. The molecular formula is C37H24Br2NOP. The molecule has 0 saturated carbocycles. The molecule has 6 aromatic carbocycles. The van der Waals surface area contributed by atoms with E-state index in [1.165, 1.54) is 0 Å². The van der Waals surface area contributed by atoms with E-state index in [4.69, 9.17) is 0 Å². The predicted molar refractivity (Wildman–Crippen MR) is 181 cm³/mol. The van der Waals surface area contributed by atoms with E-state index in [0.717, 1.165) is 64.2 Å². The highest BCUT2D eigenvalue weighted by molar-refractivity contribution is 9.10. The van der Waals surface area contributed by atoms with Gasteiger partial charge < -0.3 is 9.46 Å². The number of hydrogen-bond acceptors (Lipinski definition) is 2. The van der Waals surface area contributed by atoms with Crippen LogP contribution in [0.3, 0.4) is 0 Å². The largest absolute Gasteiger partial charge is 0.310 e. The molecule has 0 amide bonds. The van der Waals surface area contributed by atoms with Crippen molar-refractivity contribution in [2.24, 2.45) is 0 Å². The van der Waals surface area contributed by atoms with Crippen molar-refractivity contribution in [3.05, 3.63) is 177 Å². The first-order chi connectivity index (χ1) is 20.5. The SMILES string of the molecule is O=P1(c2ccccc2)c2ccccc2C2(c3cc(Br)ccc3N(c3ccccc3)c3ccc(Br)cc32)c2ccccc21. The minimum Gasteiger partial charge on any atom is -0.310 e. The van der Waals surface area contributed by atoms with Gasteiger partial charge in [-0.25, -0.2) is 0 Å². The van der Waals surface area contributed by atoms with Crippen LogP contribution in [0.2, 0.25) is 0 Å². The predicted octanol–water partition coefficient (Wildman–Crippen LogP) is 9.33. The van der Waals surface area contributed by atoms with E-state index >= 15 is 4.57 Å². The van der Waals surface area contributed by atoms with Crippen LogP contribution in [0.15, 0.2) is 155 Å². The summed E-state index contributed by atoms with van der Waals surface area (Å²) in [5.41, 5.74) is 6.98. The molecule has 0 bridgehead atoms. The van der Waals surface area contributed by atoms with Crippen LogP contribution in [-0.4, -0.2) is 0 Å². The lowest BCUT2D eigenvalue weighted by Crippen LogP contribution is -2.49. The number of benzene rings is 6. The maximum absolute atomic E-state index is 15.7. The number of anilines is 3. The molecular weight excluding hydrogens is 665 g/mol. The van der Waals surface area contributed by atoms with Crippen LogP contribution in [0.5, 0.6) is 0 Å². The van der Waals surface area contributed by atoms with Gasteiger partial charge in [-0.15, -0.1) is 0 Å². The van der Waals surface area contributed by atoms with Crippen LogP contribution >= 0.6 is 39.0 Å². The van der Waals surface area contributed by atoms with E-state index in [-0.39, 0.29) is 0 Å². The highest BCUT2D eigenvalue weighted by atomic mass is 79.9. The topological polar surface area (TPSA) is 20.3 Å². The summed E-state index contributed by atoms with van der Waals surface area (Å²) in [4.78, 5) is 2.35. The summed E-state index contributed by atoms with van der Waals surface area (Å²) < 4.78 is 17.7. The van der Waals surface area contributed by atoms with Gasteiger partial charge in [-0.2, -0.15) is 0 Å². The van der Waals surface area contributed by atoms with E-state index < -0.39 is 12.6 Å². The van der Waals surface area contributed by atoms with Gasteiger partial charge in [0.2, 0.25) is 0 Å². The van der Waals surface area contributed by atoms with Crippen molar-refractivity contribution < 1.29 is 4.57 Å². The lowest BCUT2D eigenvalue weighted by molar-refractivity contribution is 0.590. The van der Waals surface area contributed by atoms with Crippen molar-refractivity contribution in [2.45, 2.75) is 5.41 Å². The van der Waals surface area contributed by atoms with E-state index in [9.17, 15) is 0 Å². The maximum atomic E-state index is 15.7.